The van der Waals surface area contributed by atoms with E-state index in [9.17, 15) is 9.59 Å². The number of ketones is 1. The lowest BCUT2D eigenvalue weighted by molar-refractivity contribution is -0.921. The molecule has 1 amide bonds. The Morgan fingerprint density at radius 3 is 2.17 bits per heavy atom. The molecule has 8 heteroatoms. The van der Waals surface area contributed by atoms with Gasteiger partial charge in [0.05, 0.1) is 18.2 Å². The summed E-state index contributed by atoms with van der Waals surface area (Å²) in [5.74, 6) is 2.13. The fourth-order valence-corrected chi connectivity index (χ4v) is 3.26. The van der Waals surface area contributed by atoms with Gasteiger partial charge in [-0.15, -0.1) is 0 Å². The number of furan rings is 2. The number of amides is 1. The first-order valence-corrected chi connectivity index (χ1v) is 9.21. The van der Waals surface area contributed by atoms with Crippen LogP contribution in [-0.2, 0) is 17.9 Å². The molecule has 0 fully saturated rings. The summed E-state index contributed by atoms with van der Waals surface area (Å²) in [6.07, 6.45) is 3.21. The number of Topliss-reactive ketones (excluding diaryl/α,β-unsaturated/α-hetero) is 1. The number of rotatable bonds is 8. The Morgan fingerprint density at radius 2 is 1.62 bits per heavy atom. The average Bonchev–Trinajstić information content (AvgIpc) is 3.43. The zero-order valence-electron chi connectivity index (χ0n) is 15.9. The first kappa shape index (κ1) is 18.8. The molecule has 0 unspecified atom stereocenters. The van der Waals surface area contributed by atoms with Gasteiger partial charge in [0, 0.05) is 11.6 Å². The predicted octanol–water partition coefficient (Wildman–Crippen LogP) is 2.03. The summed E-state index contributed by atoms with van der Waals surface area (Å²) in [5.41, 5.74) is 0.781. The predicted molar refractivity (Wildman–Crippen MR) is 102 cm³/mol. The van der Waals surface area contributed by atoms with Crippen molar-refractivity contribution in [2.24, 2.45) is 0 Å². The molecule has 3 heterocycles. The number of nitrogens with one attached hydrogen (secondary N) is 2. The minimum absolute atomic E-state index is 0.0916. The summed E-state index contributed by atoms with van der Waals surface area (Å²) in [6.45, 7) is 2.73. The van der Waals surface area contributed by atoms with Crippen molar-refractivity contribution in [1.82, 2.24) is 0 Å². The fraction of sp³-hybridized carbons (Fsp3) is 0.238. The van der Waals surface area contributed by atoms with Crippen LogP contribution >= 0.6 is 0 Å². The number of hydrogen-bond acceptors (Lipinski definition) is 6. The van der Waals surface area contributed by atoms with Gasteiger partial charge in [-0.1, -0.05) is 0 Å². The van der Waals surface area contributed by atoms with Gasteiger partial charge in [-0.05, 0) is 37.3 Å². The van der Waals surface area contributed by atoms with Crippen molar-refractivity contribution >= 4 is 17.4 Å². The summed E-state index contributed by atoms with van der Waals surface area (Å²) in [5, 5.41) is 2.83. The van der Waals surface area contributed by atoms with Crippen molar-refractivity contribution in [1.29, 1.82) is 0 Å². The molecule has 0 radical (unpaired) electrons. The topological polar surface area (TPSA) is 95.4 Å². The highest BCUT2D eigenvalue weighted by Gasteiger charge is 2.23. The smallest absolute Gasteiger partial charge is 0.279 e. The monoisotopic (exact) mass is 397 g/mol. The third-order valence-corrected chi connectivity index (χ3v) is 4.59. The molecule has 1 aliphatic rings. The van der Waals surface area contributed by atoms with Crippen molar-refractivity contribution in [2.75, 3.05) is 18.7 Å². The molecule has 1 aromatic carbocycles. The molecule has 0 saturated heterocycles. The summed E-state index contributed by atoms with van der Waals surface area (Å²) < 4.78 is 21.5. The van der Waals surface area contributed by atoms with E-state index in [0.29, 0.717) is 35.8 Å². The highest BCUT2D eigenvalue weighted by molar-refractivity contribution is 6.04. The quantitative estimate of drug-likeness (QED) is 0.565. The van der Waals surface area contributed by atoms with E-state index in [-0.39, 0.29) is 25.0 Å². The lowest BCUT2D eigenvalue weighted by atomic mass is 10.1. The second-order valence-corrected chi connectivity index (χ2v) is 6.79. The fourth-order valence-electron chi connectivity index (χ4n) is 3.26. The molecule has 4 rings (SSSR count). The Labute approximate surface area is 167 Å². The first-order valence-electron chi connectivity index (χ1n) is 9.21. The van der Waals surface area contributed by atoms with Crippen molar-refractivity contribution < 1.29 is 32.8 Å². The Balaban J connectivity index is 1.49. The first-order chi connectivity index (χ1) is 14.1. The second kappa shape index (κ2) is 8.24. The molecule has 0 bridgehead atoms. The molecule has 8 nitrogen and oxygen atoms in total. The molecule has 150 valence electrons. The Hall–Kier alpha value is -3.52. The van der Waals surface area contributed by atoms with Crippen LogP contribution in [0.2, 0.25) is 0 Å². The van der Waals surface area contributed by atoms with E-state index in [2.05, 4.69) is 5.32 Å². The largest absolute Gasteiger partial charge is 0.463 e. The molecule has 3 aromatic rings. The number of hydrogen-bond donors (Lipinski definition) is 2. The van der Waals surface area contributed by atoms with Crippen LogP contribution in [0.3, 0.4) is 0 Å². The van der Waals surface area contributed by atoms with Crippen LogP contribution < -0.4 is 19.7 Å². The number of anilines is 1. The number of ether oxygens (including phenoxy) is 2. The molecular formula is C21H21N2O6+. The van der Waals surface area contributed by atoms with Gasteiger partial charge in [-0.3, -0.25) is 9.59 Å². The zero-order valence-corrected chi connectivity index (χ0v) is 15.9. The minimum atomic E-state index is -0.237. The van der Waals surface area contributed by atoms with Gasteiger partial charge in [0.15, 0.2) is 35.3 Å². The molecule has 1 aliphatic heterocycles. The standard InChI is InChI=1S/C21H20N2O6/c1-14(24)17-8-19-20(29-13-28-19)9-18(17)22-21(25)12-23(10-15-4-2-6-26-15)11-16-5-3-7-27-16/h2-9H,10-13H2,1H3,(H,22,25)/p+1. The van der Waals surface area contributed by atoms with E-state index in [1.165, 1.54) is 6.92 Å². The van der Waals surface area contributed by atoms with Gasteiger partial charge in [0.25, 0.3) is 5.91 Å². The number of quaternary nitrogens is 1. The lowest BCUT2D eigenvalue weighted by Crippen LogP contribution is -3.10. The van der Waals surface area contributed by atoms with Gasteiger partial charge in [0.1, 0.15) is 13.1 Å². The van der Waals surface area contributed by atoms with Crippen LogP contribution in [0.15, 0.2) is 57.8 Å². The van der Waals surface area contributed by atoms with E-state index in [1.54, 1.807) is 24.7 Å². The maximum Gasteiger partial charge on any atom is 0.279 e. The van der Waals surface area contributed by atoms with Crippen LogP contribution in [0.4, 0.5) is 5.69 Å². The van der Waals surface area contributed by atoms with E-state index in [1.807, 2.05) is 24.3 Å². The van der Waals surface area contributed by atoms with Gasteiger partial charge in [0.2, 0.25) is 6.79 Å². The van der Waals surface area contributed by atoms with Crippen LogP contribution in [-0.4, -0.2) is 25.0 Å². The normalized spacial score (nSPS) is 12.3. The number of fused-ring (bicyclic) bond motifs is 1. The molecule has 2 aromatic heterocycles. The molecule has 0 aliphatic carbocycles. The zero-order chi connectivity index (χ0) is 20.2. The average molecular weight is 397 g/mol. The van der Waals surface area contributed by atoms with Crippen LogP contribution in [0, 0.1) is 0 Å². The van der Waals surface area contributed by atoms with Crippen LogP contribution in [0.1, 0.15) is 28.8 Å². The Kier molecular flexibility index (Phi) is 5.35. The maximum atomic E-state index is 12.8. The minimum Gasteiger partial charge on any atom is -0.463 e. The molecular weight excluding hydrogens is 376 g/mol. The van der Waals surface area contributed by atoms with Gasteiger partial charge < -0.3 is 28.5 Å². The Bertz CT molecular complexity index is 958. The van der Waals surface area contributed by atoms with Gasteiger partial charge in [-0.25, -0.2) is 0 Å². The van der Waals surface area contributed by atoms with E-state index >= 15 is 0 Å². The summed E-state index contributed by atoms with van der Waals surface area (Å²) >= 11 is 0. The van der Waals surface area contributed by atoms with Crippen LogP contribution in [0.5, 0.6) is 11.5 Å². The highest BCUT2D eigenvalue weighted by atomic mass is 16.7. The number of carbonyl (C=O) groups is 2. The lowest BCUT2D eigenvalue weighted by Gasteiger charge is -2.18. The van der Waals surface area contributed by atoms with E-state index in [0.717, 1.165) is 16.4 Å². The molecule has 0 atom stereocenters. The summed E-state index contributed by atoms with van der Waals surface area (Å²) in [6, 6.07) is 10.6. The highest BCUT2D eigenvalue weighted by Crippen LogP contribution is 2.37. The van der Waals surface area contributed by atoms with Crippen molar-refractivity contribution in [3.8, 4) is 11.5 Å². The van der Waals surface area contributed by atoms with Gasteiger partial charge in [-0.2, -0.15) is 0 Å². The summed E-state index contributed by atoms with van der Waals surface area (Å²) in [4.78, 5) is 25.7. The van der Waals surface area contributed by atoms with Crippen LogP contribution in [0.25, 0.3) is 0 Å². The third kappa shape index (κ3) is 4.49. The van der Waals surface area contributed by atoms with E-state index in [4.69, 9.17) is 18.3 Å². The Morgan fingerprint density at radius 1 is 1.00 bits per heavy atom. The molecule has 2 N–H and O–H groups in total. The molecule has 29 heavy (non-hydrogen) atoms. The van der Waals surface area contributed by atoms with Crippen molar-refractivity contribution in [3.63, 3.8) is 0 Å². The molecule has 0 spiro atoms. The third-order valence-electron chi connectivity index (χ3n) is 4.59. The maximum absolute atomic E-state index is 12.8. The SMILES string of the molecule is CC(=O)c1cc2c(cc1NC(=O)C[NH+](Cc1ccco1)Cc1ccco1)OCO2. The second-order valence-electron chi connectivity index (χ2n) is 6.79. The van der Waals surface area contributed by atoms with Gasteiger partial charge >= 0.3 is 0 Å². The van der Waals surface area contributed by atoms with Crippen molar-refractivity contribution in [2.45, 2.75) is 20.0 Å². The van der Waals surface area contributed by atoms with E-state index < -0.39 is 0 Å². The van der Waals surface area contributed by atoms with Crippen molar-refractivity contribution in [3.05, 3.63) is 66.0 Å². The molecule has 0 saturated carbocycles. The number of carbonyl (C=O) groups excluding carboxylic acids is 2. The summed E-state index contributed by atoms with van der Waals surface area (Å²) in [7, 11) is 0. The number of benzene rings is 1.